The van der Waals surface area contributed by atoms with E-state index in [1.165, 1.54) is 19.3 Å². The molecule has 0 heterocycles. The quantitative estimate of drug-likeness (QED) is 0.456. The highest BCUT2D eigenvalue weighted by molar-refractivity contribution is 6.01. The van der Waals surface area contributed by atoms with Crippen LogP contribution in [0.5, 0.6) is 0 Å². The summed E-state index contributed by atoms with van der Waals surface area (Å²) in [5.74, 6) is 1.70. The molecule has 2 aromatic carbocycles. The molecule has 30 heavy (non-hydrogen) atoms. The van der Waals surface area contributed by atoms with Crippen LogP contribution in [0.2, 0.25) is 0 Å². The minimum Gasteiger partial charge on any atom is -0.449 e. The summed E-state index contributed by atoms with van der Waals surface area (Å²) in [6.45, 7) is 4.01. The second-order valence-corrected chi connectivity index (χ2v) is 10.1. The molecule has 4 fully saturated rings. The summed E-state index contributed by atoms with van der Waals surface area (Å²) >= 11 is 0. The van der Waals surface area contributed by atoms with E-state index in [9.17, 15) is 9.59 Å². The van der Waals surface area contributed by atoms with E-state index >= 15 is 0 Å². The maximum atomic E-state index is 13.6. The number of aryl methyl sites for hydroxylation is 2. The Morgan fingerprint density at radius 1 is 0.800 bits per heavy atom. The van der Waals surface area contributed by atoms with E-state index in [0.29, 0.717) is 23.3 Å². The summed E-state index contributed by atoms with van der Waals surface area (Å²) in [7, 11) is 0. The van der Waals surface area contributed by atoms with Gasteiger partial charge in [0.05, 0.1) is 5.41 Å². The second kappa shape index (κ2) is 7.37. The molecular weight excluding hydrogens is 372 g/mol. The maximum Gasteiger partial charge on any atom is 0.313 e. The van der Waals surface area contributed by atoms with Gasteiger partial charge in [-0.1, -0.05) is 59.7 Å². The zero-order valence-electron chi connectivity index (χ0n) is 17.9. The molecule has 4 bridgehead atoms. The first-order valence-corrected chi connectivity index (χ1v) is 11.3. The van der Waals surface area contributed by atoms with Crippen molar-refractivity contribution in [2.45, 2.75) is 58.5 Å². The Bertz CT molecular complexity index is 919. The fourth-order valence-electron chi connectivity index (χ4n) is 6.48. The minimum atomic E-state index is -0.881. The number of carbonyl (C=O) groups is 2. The first-order valence-electron chi connectivity index (χ1n) is 11.3. The molecule has 0 spiro atoms. The average Bonchev–Trinajstić information content (AvgIpc) is 2.72. The molecule has 0 aliphatic heterocycles. The van der Waals surface area contributed by atoms with Crippen molar-refractivity contribution < 1.29 is 14.3 Å². The number of hydrogen-bond acceptors (Lipinski definition) is 3. The van der Waals surface area contributed by atoms with Crippen LogP contribution in [0.15, 0.2) is 48.5 Å². The molecule has 3 nitrogen and oxygen atoms in total. The van der Waals surface area contributed by atoms with Gasteiger partial charge in [-0.25, -0.2) is 0 Å². The normalized spacial score (nSPS) is 30.1. The van der Waals surface area contributed by atoms with E-state index in [0.717, 1.165) is 36.0 Å². The van der Waals surface area contributed by atoms with Crippen LogP contribution in [0.1, 0.15) is 71.7 Å². The van der Waals surface area contributed by atoms with E-state index in [1.807, 2.05) is 62.4 Å². The lowest BCUT2D eigenvalue weighted by molar-refractivity contribution is -0.175. The number of benzene rings is 2. The highest BCUT2D eigenvalue weighted by atomic mass is 16.5. The molecule has 0 unspecified atom stereocenters. The van der Waals surface area contributed by atoms with Gasteiger partial charge >= 0.3 is 5.97 Å². The first-order chi connectivity index (χ1) is 14.4. The molecule has 156 valence electrons. The maximum absolute atomic E-state index is 13.6. The van der Waals surface area contributed by atoms with Crippen LogP contribution >= 0.6 is 0 Å². The summed E-state index contributed by atoms with van der Waals surface area (Å²) in [6.07, 6.45) is 5.77. The lowest BCUT2D eigenvalue weighted by Crippen LogP contribution is -2.51. The van der Waals surface area contributed by atoms with Crippen LogP contribution in [-0.4, -0.2) is 11.8 Å². The molecule has 4 aliphatic carbocycles. The standard InChI is InChI=1S/C27H30O3/c1-17-3-7-22(8-4-17)24(28)25(23-9-5-18(2)6-10-23)30-26(29)27-14-19-11-20(15-27)13-21(12-19)16-27/h3-10,19-21,25H,11-16H2,1-2H3/t19?,20?,21?,25-,27?/m0/s1. The third-order valence-corrected chi connectivity index (χ3v) is 7.65. The zero-order chi connectivity index (χ0) is 20.9. The van der Waals surface area contributed by atoms with Crippen LogP contribution in [0.25, 0.3) is 0 Å². The zero-order valence-corrected chi connectivity index (χ0v) is 17.9. The third-order valence-electron chi connectivity index (χ3n) is 7.65. The molecule has 0 aromatic heterocycles. The molecule has 0 saturated heterocycles. The number of rotatable bonds is 5. The Labute approximate surface area is 178 Å². The highest BCUT2D eigenvalue weighted by Crippen LogP contribution is 2.60. The van der Waals surface area contributed by atoms with Gasteiger partial charge in [0.1, 0.15) is 0 Å². The molecule has 4 aliphatic rings. The molecule has 0 N–H and O–H groups in total. The Hall–Kier alpha value is -2.42. The Morgan fingerprint density at radius 3 is 1.77 bits per heavy atom. The molecule has 1 atom stereocenters. The van der Waals surface area contributed by atoms with Gasteiger partial charge in [0.2, 0.25) is 5.78 Å². The fraction of sp³-hybridized carbons (Fsp3) is 0.481. The third kappa shape index (κ3) is 3.49. The van der Waals surface area contributed by atoms with Crippen molar-refractivity contribution in [2.75, 3.05) is 0 Å². The first kappa shape index (κ1) is 19.5. The lowest BCUT2D eigenvalue weighted by atomic mass is 9.49. The fourth-order valence-corrected chi connectivity index (χ4v) is 6.48. The van der Waals surface area contributed by atoms with Crippen LogP contribution in [0.4, 0.5) is 0 Å². The van der Waals surface area contributed by atoms with Gasteiger partial charge in [-0.15, -0.1) is 0 Å². The molecule has 4 saturated carbocycles. The monoisotopic (exact) mass is 402 g/mol. The summed E-state index contributed by atoms with van der Waals surface area (Å²) in [5.41, 5.74) is 3.19. The summed E-state index contributed by atoms with van der Waals surface area (Å²) in [5, 5.41) is 0. The van der Waals surface area contributed by atoms with E-state index in [2.05, 4.69) is 0 Å². The number of ether oxygens (including phenoxy) is 1. The number of carbonyl (C=O) groups excluding carboxylic acids is 2. The number of hydrogen-bond donors (Lipinski definition) is 0. The van der Waals surface area contributed by atoms with Crippen LogP contribution < -0.4 is 0 Å². The predicted molar refractivity (Wildman–Crippen MR) is 116 cm³/mol. The van der Waals surface area contributed by atoms with Gasteiger partial charge in [0.25, 0.3) is 0 Å². The van der Waals surface area contributed by atoms with Crippen molar-refractivity contribution in [1.82, 2.24) is 0 Å². The Kier molecular flexibility index (Phi) is 4.80. The van der Waals surface area contributed by atoms with Crippen LogP contribution in [0.3, 0.4) is 0 Å². The largest absolute Gasteiger partial charge is 0.449 e. The van der Waals surface area contributed by atoms with E-state index in [-0.39, 0.29) is 17.2 Å². The van der Waals surface area contributed by atoms with E-state index in [4.69, 9.17) is 4.74 Å². The summed E-state index contributed by atoms with van der Waals surface area (Å²) in [4.78, 5) is 27.0. The van der Waals surface area contributed by atoms with Gasteiger partial charge in [-0.3, -0.25) is 9.59 Å². The number of Topliss-reactive ketones (excluding diaryl/α,β-unsaturated/α-hetero) is 1. The molecular formula is C27H30O3. The minimum absolute atomic E-state index is 0.142. The predicted octanol–water partition coefficient (Wildman–Crippen LogP) is 5.99. The van der Waals surface area contributed by atoms with Crippen LogP contribution in [-0.2, 0) is 9.53 Å². The van der Waals surface area contributed by atoms with Crippen molar-refractivity contribution in [1.29, 1.82) is 0 Å². The van der Waals surface area contributed by atoms with Gasteiger partial charge in [0.15, 0.2) is 6.10 Å². The number of esters is 1. The van der Waals surface area contributed by atoms with E-state index < -0.39 is 6.10 Å². The van der Waals surface area contributed by atoms with Crippen molar-refractivity contribution in [3.8, 4) is 0 Å². The van der Waals surface area contributed by atoms with Crippen molar-refractivity contribution in [3.05, 3.63) is 70.8 Å². The van der Waals surface area contributed by atoms with Gasteiger partial charge in [-0.05, 0) is 70.1 Å². The second-order valence-electron chi connectivity index (χ2n) is 10.1. The summed E-state index contributed by atoms with van der Waals surface area (Å²) in [6, 6.07) is 15.3. The Balaban J connectivity index is 1.44. The van der Waals surface area contributed by atoms with Gasteiger partial charge in [-0.2, -0.15) is 0 Å². The lowest BCUT2D eigenvalue weighted by Gasteiger charge is -2.55. The molecule has 6 rings (SSSR count). The molecule has 0 radical (unpaired) electrons. The highest BCUT2D eigenvalue weighted by Gasteiger charge is 2.56. The van der Waals surface area contributed by atoms with Gasteiger partial charge < -0.3 is 4.74 Å². The molecule has 2 aromatic rings. The Morgan fingerprint density at radius 2 is 1.27 bits per heavy atom. The van der Waals surface area contributed by atoms with Crippen molar-refractivity contribution >= 4 is 11.8 Å². The van der Waals surface area contributed by atoms with E-state index in [1.54, 1.807) is 0 Å². The number of ketones is 1. The summed E-state index contributed by atoms with van der Waals surface area (Å²) < 4.78 is 6.12. The molecule has 0 amide bonds. The smallest absolute Gasteiger partial charge is 0.313 e. The average molecular weight is 403 g/mol. The van der Waals surface area contributed by atoms with Gasteiger partial charge in [0, 0.05) is 11.1 Å². The SMILES string of the molecule is Cc1ccc(C(=O)[C@@H](OC(=O)C23CC4CC(CC(C4)C2)C3)c2ccc(C)cc2)cc1. The topological polar surface area (TPSA) is 43.4 Å². The molecule has 3 heteroatoms. The van der Waals surface area contributed by atoms with Crippen molar-refractivity contribution in [2.24, 2.45) is 23.2 Å². The van der Waals surface area contributed by atoms with Crippen LogP contribution in [0, 0.1) is 37.0 Å². The van der Waals surface area contributed by atoms with Crippen molar-refractivity contribution in [3.63, 3.8) is 0 Å².